The summed E-state index contributed by atoms with van der Waals surface area (Å²) in [6, 6.07) is 15.9. The van der Waals surface area contributed by atoms with Gasteiger partial charge < -0.3 is 4.74 Å². The van der Waals surface area contributed by atoms with Gasteiger partial charge in [0.25, 0.3) is 5.56 Å². The molecule has 0 aliphatic carbocycles. The van der Waals surface area contributed by atoms with Crippen molar-refractivity contribution < 1.29 is 9.53 Å². The molecule has 0 unspecified atom stereocenters. The number of aromatic nitrogens is 6. The van der Waals surface area contributed by atoms with Crippen molar-refractivity contribution in [3.63, 3.8) is 0 Å². The van der Waals surface area contributed by atoms with Gasteiger partial charge in [-0.05, 0) is 41.0 Å². The van der Waals surface area contributed by atoms with Gasteiger partial charge >= 0.3 is 5.97 Å². The maximum absolute atomic E-state index is 13.3. The molecule has 4 aromatic rings. The van der Waals surface area contributed by atoms with Crippen LogP contribution in [0.25, 0.3) is 22.5 Å². The van der Waals surface area contributed by atoms with Crippen molar-refractivity contribution in [2.75, 3.05) is 6.61 Å². The van der Waals surface area contributed by atoms with E-state index in [0.29, 0.717) is 35.9 Å². The molecule has 9 heteroatoms. The molecular formula is C25H26N6O3. The van der Waals surface area contributed by atoms with Crippen LogP contribution >= 0.6 is 0 Å². The Kier molecular flexibility index (Phi) is 6.91. The highest BCUT2D eigenvalue weighted by atomic mass is 16.5. The van der Waals surface area contributed by atoms with E-state index in [0.717, 1.165) is 22.3 Å². The summed E-state index contributed by atoms with van der Waals surface area (Å²) in [6.07, 6.45) is 0.522. The van der Waals surface area contributed by atoms with Crippen LogP contribution in [0.2, 0.25) is 0 Å². The lowest BCUT2D eigenvalue weighted by Crippen LogP contribution is -2.31. The number of carbonyl (C=O) groups excluding carboxylic acids is 1. The second kappa shape index (κ2) is 10.2. The average molecular weight is 459 g/mol. The molecule has 2 aromatic carbocycles. The van der Waals surface area contributed by atoms with Crippen LogP contribution in [0.15, 0.2) is 53.3 Å². The Morgan fingerprint density at radius 1 is 1.06 bits per heavy atom. The zero-order valence-electron chi connectivity index (χ0n) is 19.4. The SMILES string of the molecule is CCOC(=O)Cc1c(C)nc(CC)n(Cc2ccc(-c3ccccc3-c3nnn[nH]3)cc2)c1=O. The third-order valence-corrected chi connectivity index (χ3v) is 5.62. The predicted octanol–water partition coefficient (Wildman–Crippen LogP) is 3.12. The van der Waals surface area contributed by atoms with E-state index in [1.807, 2.05) is 55.5 Å². The quantitative estimate of drug-likeness (QED) is 0.403. The molecule has 0 atom stereocenters. The first kappa shape index (κ1) is 23.0. The third kappa shape index (κ3) is 4.78. The number of hydrogen-bond donors (Lipinski definition) is 1. The monoisotopic (exact) mass is 458 g/mol. The summed E-state index contributed by atoms with van der Waals surface area (Å²) in [5, 5.41) is 14.2. The number of tetrazole rings is 1. The molecular weight excluding hydrogens is 432 g/mol. The number of nitrogens with zero attached hydrogens (tertiary/aromatic N) is 5. The Morgan fingerprint density at radius 2 is 1.79 bits per heavy atom. The molecule has 4 rings (SSSR count). The topological polar surface area (TPSA) is 116 Å². The van der Waals surface area contributed by atoms with E-state index in [9.17, 15) is 9.59 Å². The van der Waals surface area contributed by atoms with Crippen molar-refractivity contribution >= 4 is 5.97 Å². The summed E-state index contributed by atoms with van der Waals surface area (Å²) < 4.78 is 6.68. The van der Waals surface area contributed by atoms with Crippen LogP contribution in [0.3, 0.4) is 0 Å². The van der Waals surface area contributed by atoms with Gasteiger partial charge in [0.1, 0.15) is 5.82 Å². The molecule has 0 saturated carbocycles. The van der Waals surface area contributed by atoms with E-state index < -0.39 is 5.97 Å². The fraction of sp³-hybridized carbons (Fsp3) is 0.280. The number of H-pyrrole nitrogens is 1. The maximum atomic E-state index is 13.3. The first-order valence-electron chi connectivity index (χ1n) is 11.2. The fourth-order valence-corrected chi connectivity index (χ4v) is 3.94. The van der Waals surface area contributed by atoms with Crippen LogP contribution < -0.4 is 5.56 Å². The Hall–Kier alpha value is -4.14. The normalized spacial score (nSPS) is 10.9. The van der Waals surface area contributed by atoms with Crippen molar-refractivity contribution in [2.24, 2.45) is 0 Å². The summed E-state index contributed by atoms with van der Waals surface area (Å²) in [5.41, 5.74) is 4.59. The van der Waals surface area contributed by atoms with Crippen molar-refractivity contribution in [3.05, 3.63) is 81.5 Å². The standard InChI is InChI=1S/C25H26N6O3/c1-4-22-26-16(3)21(14-23(32)34-5-2)25(33)31(22)15-17-10-12-18(13-11-17)19-8-6-7-9-20(19)24-27-29-30-28-24/h6-13H,4-5,14-15H2,1-3H3,(H,27,28,29,30). The van der Waals surface area contributed by atoms with Gasteiger partial charge in [-0.3, -0.25) is 14.2 Å². The number of aryl methyl sites for hydroxylation is 2. The molecule has 0 radical (unpaired) electrons. The van der Waals surface area contributed by atoms with E-state index in [1.165, 1.54) is 0 Å². The van der Waals surface area contributed by atoms with Crippen molar-refractivity contribution in [1.29, 1.82) is 0 Å². The van der Waals surface area contributed by atoms with Crippen LogP contribution in [0, 0.1) is 6.92 Å². The summed E-state index contributed by atoms with van der Waals surface area (Å²) in [4.78, 5) is 29.9. The van der Waals surface area contributed by atoms with Crippen molar-refractivity contribution in [1.82, 2.24) is 30.2 Å². The highest BCUT2D eigenvalue weighted by molar-refractivity contribution is 5.80. The van der Waals surface area contributed by atoms with Gasteiger partial charge in [0.05, 0.1) is 19.6 Å². The van der Waals surface area contributed by atoms with Crippen LogP contribution in [-0.4, -0.2) is 42.8 Å². The molecule has 9 nitrogen and oxygen atoms in total. The van der Waals surface area contributed by atoms with E-state index in [2.05, 4.69) is 25.6 Å². The minimum absolute atomic E-state index is 0.0816. The van der Waals surface area contributed by atoms with Crippen LogP contribution in [0.4, 0.5) is 0 Å². The lowest BCUT2D eigenvalue weighted by molar-refractivity contribution is -0.142. The highest BCUT2D eigenvalue weighted by Gasteiger charge is 2.17. The minimum atomic E-state index is -0.426. The number of hydrogen-bond acceptors (Lipinski definition) is 7. The number of benzene rings is 2. The van der Waals surface area contributed by atoms with Gasteiger partial charge in [-0.2, -0.15) is 0 Å². The largest absolute Gasteiger partial charge is 0.466 e. The molecule has 34 heavy (non-hydrogen) atoms. The molecule has 0 fully saturated rings. The number of nitrogens with one attached hydrogen (secondary N) is 1. The van der Waals surface area contributed by atoms with E-state index in [4.69, 9.17) is 4.74 Å². The lowest BCUT2D eigenvalue weighted by atomic mass is 9.98. The molecule has 0 amide bonds. The molecule has 1 N–H and O–H groups in total. The molecule has 0 bridgehead atoms. The van der Waals surface area contributed by atoms with Crippen molar-refractivity contribution in [3.8, 4) is 22.5 Å². The number of aromatic amines is 1. The average Bonchev–Trinajstić information content (AvgIpc) is 3.39. The fourth-order valence-electron chi connectivity index (χ4n) is 3.94. The van der Waals surface area contributed by atoms with Crippen LogP contribution in [0.1, 0.15) is 36.5 Å². The molecule has 0 saturated heterocycles. The maximum Gasteiger partial charge on any atom is 0.310 e. The predicted molar refractivity (Wildman–Crippen MR) is 127 cm³/mol. The lowest BCUT2D eigenvalue weighted by Gasteiger charge is -2.15. The molecule has 0 aliphatic rings. The summed E-state index contributed by atoms with van der Waals surface area (Å²) in [6.45, 7) is 6.09. The van der Waals surface area contributed by atoms with E-state index in [1.54, 1.807) is 18.4 Å². The molecule has 174 valence electrons. The Bertz CT molecular complexity index is 1340. The van der Waals surface area contributed by atoms with E-state index >= 15 is 0 Å². The van der Waals surface area contributed by atoms with Gasteiger partial charge in [0, 0.05) is 23.2 Å². The number of esters is 1. The molecule has 0 spiro atoms. The number of rotatable bonds is 8. The summed E-state index contributed by atoms with van der Waals surface area (Å²) in [5.74, 6) is 0.853. The van der Waals surface area contributed by atoms with Crippen molar-refractivity contribution in [2.45, 2.75) is 40.2 Å². The van der Waals surface area contributed by atoms with Gasteiger partial charge in [-0.1, -0.05) is 55.5 Å². The summed E-state index contributed by atoms with van der Waals surface area (Å²) >= 11 is 0. The first-order valence-corrected chi connectivity index (χ1v) is 11.2. The molecule has 0 aliphatic heterocycles. The van der Waals surface area contributed by atoms with Gasteiger partial charge in [0.2, 0.25) is 0 Å². The zero-order valence-corrected chi connectivity index (χ0v) is 19.4. The van der Waals surface area contributed by atoms with E-state index in [-0.39, 0.29) is 18.6 Å². The smallest absolute Gasteiger partial charge is 0.310 e. The Morgan fingerprint density at radius 3 is 2.44 bits per heavy atom. The van der Waals surface area contributed by atoms with Gasteiger partial charge in [-0.15, -0.1) is 5.10 Å². The number of carbonyl (C=O) groups is 1. The summed E-state index contributed by atoms with van der Waals surface area (Å²) in [7, 11) is 0. The second-order valence-electron chi connectivity index (χ2n) is 7.81. The number of ether oxygens (including phenoxy) is 1. The second-order valence-corrected chi connectivity index (χ2v) is 7.81. The minimum Gasteiger partial charge on any atom is -0.466 e. The molecule has 2 aromatic heterocycles. The highest BCUT2D eigenvalue weighted by Crippen LogP contribution is 2.29. The molecule has 2 heterocycles. The third-order valence-electron chi connectivity index (χ3n) is 5.62. The Balaban J connectivity index is 1.65. The first-order chi connectivity index (χ1) is 16.5. The van der Waals surface area contributed by atoms with Gasteiger partial charge in [-0.25, -0.2) is 10.1 Å². The van der Waals surface area contributed by atoms with Gasteiger partial charge in [0.15, 0.2) is 5.82 Å². The zero-order chi connectivity index (χ0) is 24.1. The van der Waals surface area contributed by atoms with Crippen LogP contribution in [0.5, 0.6) is 0 Å². The van der Waals surface area contributed by atoms with Crippen LogP contribution in [-0.2, 0) is 28.9 Å². The Labute approximate surface area is 196 Å².